The fraction of sp³-hybridized carbons (Fsp3) is 0.0952. The summed E-state index contributed by atoms with van der Waals surface area (Å²) in [7, 11) is 4.00. The molecule has 0 aliphatic carbocycles. The van der Waals surface area contributed by atoms with Gasteiger partial charge >= 0.3 is 0 Å². The van der Waals surface area contributed by atoms with Crippen molar-refractivity contribution in [1.29, 1.82) is 5.26 Å². The Labute approximate surface area is 151 Å². The number of nitro benzene ring substituents is 1. The topological polar surface area (TPSA) is 70.2 Å². The zero-order valence-corrected chi connectivity index (χ0v) is 14.5. The summed E-state index contributed by atoms with van der Waals surface area (Å²) in [4.78, 5) is 12.4. The molecule has 0 radical (unpaired) electrons. The molecule has 0 unspecified atom stereocenters. The number of hydrogen-bond acceptors (Lipinski definition) is 4. The van der Waals surface area contributed by atoms with Crippen molar-refractivity contribution >= 4 is 33.8 Å². The second-order valence-corrected chi connectivity index (χ2v) is 6.16. The molecule has 0 spiro atoms. The summed E-state index contributed by atoms with van der Waals surface area (Å²) in [5, 5.41) is 22.4. The molecule has 3 aromatic carbocycles. The third-order valence-corrected chi connectivity index (χ3v) is 4.18. The number of non-ortho nitro benzene ring substituents is 1. The van der Waals surface area contributed by atoms with E-state index in [1.807, 2.05) is 32.3 Å². The maximum absolute atomic E-state index is 10.8. The second-order valence-electron chi connectivity index (χ2n) is 6.16. The number of nitro groups is 1. The standard InChI is InChI=1S/C21H17N3O2/c1-23(2)21-10-7-17-11-15(3-4-18(17)13-21)12-19(14-22)16-5-8-20(9-6-16)24(25)26/h3-13H,1-2H3/b19-12+. The van der Waals surface area contributed by atoms with Gasteiger partial charge in [-0.15, -0.1) is 0 Å². The summed E-state index contributed by atoms with van der Waals surface area (Å²) in [6.45, 7) is 0. The van der Waals surface area contributed by atoms with Crippen LogP contribution in [0.3, 0.4) is 0 Å². The number of hydrogen-bond donors (Lipinski definition) is 0. The summed E-state index contributed by atoms with van der Waals surface area (Å²) in [5.41, 5.74) is 3.16. The molecule has 0 N–H and O–H groups in total. The minimum Gasteiger partial charge on any atom is -0.378 e. The largest absolute Gasteiger partial charge is 0.378 e. The van der Waals surface area contributed by atoms with Crippen LogP contribution in [0.5, 0.6) is 0 Å². The SMILES string of the molecule is CN(C)c1ccc2cc(/C=C(\C#N)c3ccc([N+](=O)[O-])cc3)ccc2c1. The van der Waals surface area contributed by atoms with Crippen LogP contribution in [0.25, 0.3) is 22.4 Å². The van der Waals surface area contributed by atoms with Crippen molar-refractivity contribution in [1.82, 2.24) is 0 Å². The van der Waals surface area contributed by atoms with Gasteiger partial charge in [-0.25, -0.2) is 0 Å². The first kappa shape index (κ1) is 17.2. The summed E-state index contributed by atoms with van der Waals surface area (Å²) in [6, 6.07) is 20.4. The van der Waals surface area contributed by atoms with Crippen LogP contribution >= 0.6 is 0 Å². The van der Waals surface area contributed by atoms with Crippen LogP contribution in [0.2, 0.25) is 0 Å². The average molecular weight is 343 g/mol. The highest BCUT2D eigenvalue weighted by Crippen LogP contribution is 2.25. The van der Waals surface area contributed by atoms with Crippen LogP contribution in [0.15, 0.2) is 60.7 Å². The smallest absolute Gasteiger partial charge is 0.269 e. The van der Waals surface area contributed by atoms with E-state index in [0.717, 1.165) is 22.0 Å². The number of benzene rings is 3. The van der Waals surface area contributed by atoms with E-state index in [2.05, 4.69) is 29.2 Å². The van der Waals surface area contributed by atoms with Gasteiger partial charge in [0.2, 0.25) is 0 Å². The van der Waals surface area contributed by atoms with Crippen molar-refractivity contribution in [3.63, 3.8) is 0 Å². The third kappa shape index (κ3) is 3.55. The molecule has 0 atom stereocenters. The molecule has 26 heavy (non-hydrogen) atoms. The lowest BCUT2D eigenvalue weighted by molar-refractivity contribution is -0.384. The van der Waals surface area contributed by atoms with Gasteiger partial charge in [0, 0.05) is 31.9 Å². The minimum absolute atomic E-state index is 0.00782. The van der Waals surface area contributed by atoms with E-state index in [1.54, 1.807) is 18.2 Å². The molecule has 3 aromatic rings. The molecule has 5 nitrogen and oxygen atoms in total. The molecule has 0 saturated carbocycles. The summed E-state index contributed by atoms with van der Waals surface area (Å²) >= 11 is 0. The van der Waals surface area contributed by atoms with Crippen molar-refractivity contribution < 1.29 is 4.92 Å². The van der Waals surface area contributed by atoms with E-state index in [0.29, 0.717) is 11.1 Å². The van der Waals surface area contributed by atoms with Crippen LogP contribution in [0, 0.1) is 21.4 Å². The van der Waals surface area contributed by atoms with Crippen LogP contribution in [-0.2, 0) is 0 Å². The highest BCUT2D eigenvalue weighted by atomic mass is 16.6. The van der Waals surface area contributed by atoms with E-state index < -0.39 is 4.92 Å². The fourth-order valence-corrected chi connectivity index (χ4v) is 2.73. The second kappa shape index (κ2) is 7.08. The Hall–Kier alpha value is -3.65. The molecule has 0 amide bonds. The number of nitrogens with zero attached hydrogens (tertiary/aromatic N) is 3. The van der Waals surface area contributed by atoms with E-state index in [-0.39, 0.29) is 5.69 Å². The van der Waals surface area contributed by atoms with Crippen LogP contribution in [-0.4, -0.2) is 19.0 Å². The molecule has 0 aliphatic rings. The number of allylic oxidation sites excluding steroid dienone is 1. The molecule has 0 saturated heterocycles. The summed E-state index contributed by atoms with van der Waals surface area (Å²) in [5.74, 6) is 0. The lowest BCUT2D eigenvalue weighted by Gasteiger charge is -2.13. The van der Waals surface area contributed by atoms with Crippen molar-refractivity contribution in [3.05, 3.63) is 81.9 Å². The summed E-state index contributed by atoms with van der Waals surface area (Å²) in [6.07, 6.45) is 1.79. The molecular weight excluding hydrogens is 326 g/mol. The Bertz CT molecular complexity index is 1050. The van der Waals surface area contributed by atoms with Gasteiger partial charge in [0.15, 0.2) is 0 Å². The van der Waals surface area contributed by atoms with E-state index in [9.17, 15) is 15.4 Å². The van der Waals surface area contributed by atoms with Crippen LogP contribution in [0.1, 0.15) is 11.1 Å². The first-order valence-corrected chi connectivity index (χ1v) is 8.06. The average Bonchev–Trinajstić information content (AvgIpc) is 2.65. The molecule has 0 bridgehead atoms. The van der Waals surface area contributed by atoms with Crippen molar-refractivity contribution in [3.8, 4) is 6.07 Å². The molecule has 128 valence electrons. The van der Waals surface area contributed by atoms with Gasteiger partial charge in [0.25, 0.3) is 5.69 Å². The Morgan fingerprint density at radius 1 is 1.04 bits per heavy atom. The van der Waals surface area contributed by atoms with Crippen molar-refractivity contribution in [2.45, 2.75) is 0 Å². The first-order chi connectivity index (χ1) is 12.5. The maximum atomic E-state index is 10.8. The highest BCUT2D eigenvalue weighted by Gasteiger charge is 2.07. The van der Waals surface area contributed by atoms with Gasteiger partial charge in [0.05, 0.1) is 16.6 Å². The minimum atomic E-state index is -0.454. The van der Waals surface area contributed by atoms with Gasteiger partial charge in [0.1, 0.15) is 0 Å². The third-order valence-electron chi connectivity index (χ3n) is 4.18. The maximum Gasteiger partial charge on any atom is 0.269 e. The van der Waals surface area contributed by atoms with Crippen LogP contribution in [0.4, 0.5) is 11.4 Å². The predicted molar refractivity (Wildman–Crippen MR) is 105 cm³/mol. The zero-order valence-electron chi connectivity index (χ0n) is 14.5. The van der Waals surface area contributed by atoms with Gasteiger partial charge in [-0.2, -0.15) is 5.26 Å². The normalized spacial score (nSPS) is 11.2. The Balaban J connectivity index is 1.97. The van der Waals surface area contributed by atoms with Gasteiger partial charge < -0.3 is 4.90 Å². The lowest BCUT2D eigenvalue weighted by atomic mass is 10.0. The van der Waals surface area contributed by atoms with E-state index in [1.165, 1.54) is 12.1 Å². The quantitative estimate of drug-likeness (QED) is 0.293. The molecule has 0 aliphatic heterocycles. The van der Waals surface area contributed by atoms with Crippen molar-refractivity contribution in [2.75, 3.05) is 19.0 Å². The number of fused-ring (bicyclic) bond motifs is 1. The van der Waals surface area contributed by atoms with Crippen molar-refractivity contribution in [2.24, 2.45) is 0 Å². The molecule has 0 heterocycles. The highest BCUT2D eigenvalue weighted by molar-refractivity contribution is 5.93. The number of rotatable bonds is 4. The van der Waals surface area contributed by atoms with E-state index >= 15 is 0 Å². The predicted octanol–water partition coefficient (Wildman–Crippen LogP) is 4.88. The molecule has 0 fully saturated rings. The van der Waals surface area contributed by atoms with Gasteiger partial charge in [-0.3, -0.25) is 10.1 Å². The fourth-order valence-electron chi connectivity index (χ4n) is 2.73. The number of anilines is 1. The monoisotopic (exact) mass is 343 g/mol. The zero-order chi connectivity index (χ0) is 18.7. The molecule has 0 aromatic heterocycles. The Morgan fingerprint density at radius 3 is 2.31 bits per heavy atom. The van der Waals surface area contributed by atoms with Gasteiger partial charge in [-0.05, 0) is 58.3 Å². The number of nitriles is 1. The molecule has 3 rings (SSSR count). The lowest BCUT2D eigenvalue weighted by Crippen LogP contribution is -2.07. The van der Waals surface area contributed by atoms with Gasteiger partial charge in [-0.1, -0.05) is 18.2 Å². The first-order valence-electron chi connectivity index (χ1n) is 8.06. The molecule has 5 heteroatoms. The van der Waals surface area contributed by atoms with E-state index in [4.69, 9.17) is 0 Å². The summed E-state index contributed by atoms with van der Waals surface area (Å²) < 4.78 is 0. The molecular formula is C21H17N3O2. The Morgan fingerprint density at radius 2 is 1.69 bits per heavy atom. The van der Waals surface area contributed by atoms with Crippen LogP contribution < -0.4 is 4.90 Å². The Kier molecular flexibility index (Phi) is 4.68.